The third-order valence-electron chi connectivity index (χ3n) is 5.80. The summed E-state index contributed by atoms with van der Waals surface area (Å²) in [5.41, 5.74) is 4.79. The molecule has 1 aromatic carbocycles. The van der Waals surface area contributed by atoms with Gasteiger partial charge < -0.3 is 14.4 Å². The standard InChI is InChI=1S/C25H33NO3/c1-8-10-17(3)22(23(27)28-9-2)26-13-14-29-21-16-19-18(15-20(21)26)24(4,5)11-12-25(19,6)7/h8,10-12,15-16H,9,13-14H2,1-7H3. The molecule has 0 atom stereocenters. The molecule has 0 spiro atoms. The van der Waals surface area contributed by atoms with Crippen LogP contribution in [0, 0.1) is 0 Å². The summed E-state index contributed by atoms with van der Waals surface area (Å²) in [5, 5.41) is 0. The predicted octanol–water partition coefficient (Wildman–Crippen LogP) is 5.42. The lowest BCUT2D eigenvalue weighted by molar-refractivity contribution is -0.138. The molecule has 0 N–H and O–H groups in total. The lowest BCUT2D eigenvalue weighted by atomic mass is 9.68. The van der Waals surface area contributed by atoms with Crippen molar-refractivity contribution in [2.75, 3.05) is 24.7 Å². The highest BCUT2D eigenvalue weighted by Crippen LogP contribution is 2.47. The number of fused-ring (bicyclic) bond motifs is 2. The number of benzene rings is 1. The second-order valence-electron chi connectivity index (χ2n) is 8.89. The second kappa shape index (κ2) is 7.74. The van der Waals surface area contributed by atoms with E-state index in [4.69, 9.17) is 9.47 Å². The Morgan fingerprint density at radius 2 is 1.79 bits per heavy atom. The van der Waals surface area contributed by atoms with Crippen molar-refractivity contribution in [2.24, 2.45) is 0 Å². The summed E-state index contributed by atoms with van der Waals surface area (Å²) in [4.78, 5) is 14.9. The summed E-state index contributed by atoms with van der Waals surface area (Å²) in [6.45, 7) is 16.1. The maximum absolute atomic E-state index is 12.9. The first-order chi connectivity index (χ1) is 13.6. The molecule has 0 amide bonds. The van der Waals surface area contributed by atoms with Gasteiger partial charge in [-0.3, -0.25) is 0 Å². The maximum atomic E-state index is 12.9. The van der Waals surface area contributed by atoms with Gasteiger partial charge in [-0.1, -0.05) is 52.0 Å². The van der Waals surface area contributed by atoms with Crippen LogP contribution in [0.4, 0.5) is 5.69 Å². The molecule has 0 aromatic heterocycles. The van der Waals surface area contributed by atoms with Crippen molar-refractivity contribution in [3.63, 3.8) is 0 Å². The molecule has 3 rings (SSSR count). The first kappa shape index (κ1) is 21.2. The van der Waals surface area contributed by atoms with Gasteiger partial charge in [0.25, 0.3) is 0 Å². The minimum absolute atomic E-state index is 0.0633. The number of hydrogen-bond donors (Lipinski definition) is 0. The molecule has 0 saturated carbocycles. The van der Waals surface area contributed by atoms with Gasteiger partial charge in [0.05, 0.1) is 18.8 Å². The zero-order valence-electron chi connectivity index (χ0n) is 18.8. The van der Waals surface area contributed by atoms with Gasteiger partial charge in [-0.15, -0.1) is 0 Å². The van der Waals surface area contributed by atoms with Gasteiger partial charge in [-0.2, -0.15) is 0 Å². The minimum Gasteiger partial charge on any atom is -0.490 e. The van der Waals surface area contributed by atoms with E-state index >= 15 is 0 Å². The number of carbonyl (C=O) groups excluding carboxylic acids is 1. The zero-order valence-corrected chi connectivity index (χ0v) is 18.8. The number of hydrogen-bond acceptors (Lipinski definition) is 4. The van der Waals surface area contributed by atoms with Crippen LogP contribution in [-0.4, -0.2) is 25.7 Å². The van der Waals surface area contributed by atoms with E-state index < -0.39 is 0 Å². The summed E-state index contributed by atoms with van der Waals surface area (Å²) in [5.74, 6) is 0.525. The minimum atomic E-state index is -0.298. The van der Waals surface area contributed by atoms with E-state index in [1.807, 2.05) is 32.9 Å². The van der Waals surface area contributed by atoms with Crippen molar-refractivity contribution in [1.82, 2.24) is 0 Å². The fourth-order valence-electron chi connectivity index (χ4n) is 4.17. The molecular weight excluding hydrogens is 362 g/mol. The number of rotatable bonds is 4. The zero-order chi connectivity index (χ0) is 21.4. The monoisotopic (exact) mass is 395 g/mol. The Balaban J connectivity index is 2.21. The average Bonchev–Trinajstić information content (AvgIpc) is 2.65. The van der Waals surface area contributed by atoms with Gasteiger partial charge in [0, 0.05) is 10.8 Å². The van der Waals surface area contributed by atoms with Gasteiger partial charge >= 0.3 is 5.97 Å². The molecule has 1 aliphatic carbocycles. The molecule has 4 heteroatoms. The third kappa shape index (κ3) is 3.85. The van der Waals surface area contributed by atoms with Crippen molar-refractivity contribution >= 4 is 11.7 Å². The summed E-state index contributed by atoms with van der Waals surface area (Å²) in [6, 6.07) is 4.37. The van der Waals surface area contributed by atoms with Crippen LogP contribution in [0.2, 0.25) is 0 Å². The SMILES string of the molecule is CC=CC(C)=C(C(=O)OCC)N1CCOc2cc3c(cc21)C(C)(C)C=CC3(C)C. The van der Waals surface area contributed by atoms with E-state index in [2.05, 4.69) is 56.9 Å². The van der Waals surface area contributed by atoms with Gasteiger partial charge in [0.1, 0.15) is 18.1 Å². The first-order valence-electron chi connectivity index (χ1n) is 10.4. The summed E-state index contributed by atoms with van der Waals surface area (Å²) in [6.07, 6.45) is 8.46. The van der Waals surface area contributed by atoms with E-state index in [9.17, 15) is 4.79 Å². The van der Waals surface area contributed by atoms with Crippen molar-refractivity contribution in [1.29, 1.82) is 0 Å². The first-order valence-corrected chi connectivity index (χ1v) is 10.4. The molecule has 4 nitrogen and oxygen atoms in total. The number of anilines is 1. The molecule has 2 aliphatic rings. The molecule has 0 bridgehead atoms. The fourth-order valence-corrected chi connectivity index (χ4v) is 4.17. The second-order valence-corrected chi connectivity index (χ2v) is 8.89. The smallest absolute Gasteiger partial charge is 0.355 e. The number of allylic oxidation sites excluding steroid dienone is 5. The van der Waals surface area contributed by atoms with E-state index in [1.54, 1.807) is 0 Å². The highest BCUT2D eigenvalue weighted by molar-refractivity contribution is 5.95. The lowest BCUT2D eigenvalue weighted by Gasteiger charge is -2.40. The number of ether oxygens (including phenoxy) is 2. The Kier molecular flexibility index (Phi) is 5.66. The van der Waals surface area contributed by atoms with E-state index in [1.165, 1.54) is 11.1 Å². The molecule has 156 valence electrons. The number of nitrogens with zero attached hydrogens (tertiary/aromatic N) is 1. The Bertz CT molecular complexity index is 903. The van der Waals surface area contributed by atoms with Crippen molar-refractivity contribution in [3.05, 3.63) is 58.8 Å². The maximum Gasteiger partial charge on any atom is 0.355 e. The van der Waals surface area contributed by atoms with Crippen molar-refractivity contribution in [2.45, 2.75) is 59.3 Å². The van der Waals surface area contributed by atoms with Crippen molar-refractivity contribution < 1.29 is 14.3 Å². The average molecular weight is 396 g/mol. The van der Waals surface area contributed by atoms with Gasteiger partial charge in [-0.05, 0) is 49.6 Å². The van der Waals surface area contributed by atoms with Crippen LogP contribution in [0.15, 0.2) is 47.7 Å². The molecule has 0 radical (unpaired) electrons. The van der Waals surface area contributed by atoms with E-state index in [0.717, 1.165) is 17.0 Å². The molecule has 1 aromatic rings. The van der Waals surface area contributed by atoms with E-state index in [-0.39, 0.29) is 16.8 Å². The quantitative estimate of drug-likeness (QED) is 0.295. The third-order valence-corrected chi connectivity index (χ3v) is 5.80. The summed E-state index contributed by atoms with van der Waals surface area (Å²) >= 11 is 0. The highest BCUT2D eigenvalue weighted by Gasteiger charge is 2.36. The van der Waals surface area contributed by atoms with Crippen LogP contribution in [0.25, 0.3) is 0 Å². The predicted molar refractivity (Wildman–Crippen MR) is 119 cm³/mol. The number of carbonyl (C=O) groups is 1. The fraction of sp³-hybridized carbons (Fsp3) is 0.480. The summed E-state index contributed by atoms with van der Waals surface area (Å²) < 4.78 is 11.5. The topological polar surface area (TPSA) is 38.8 Å². The Labute approximate surface area is 174 Å². The Morgan fingerprint density at radius 3 is 2.38 bits per heavy atom. The van der Waals surface area contributed by atoms with Crippen LogP contribution in [0.1, 0.15) is 59.6 Å². The van der Waals surface area contributed by atoms with E-state index in [0.29, 0.717) is 25.5 Å². The van der Waals surface area contributed by atoms with Crippen LogP contribution in [-0.2, 0) is 20.4 Å². The molecule has 1 aliphatic heterocycles. The molecule has 29 heavy (non-hydrogen) atoms. The normalized spacial score (nSPS) is 19.9. The van der Waals surface area contributed by atoms with Crippen LogP contribution < -0.4 is 9.64 Å². The Hall–Kier alpha value is -2.49. The molecule has 1 heterocycles. The molecular formula is C25H33NO3. The largest absolute Gasteiger partial charge is 0.490 e. The van der Waals surface area contributed by atoms with Crippen LogP contribution in [0.5, 0.6) is 5.75 Å². The van der Waals surface area contributed by atoms with Gasteiger partial charge in [-0.25, -0.2) is 4.79 Å². The highest BCUT2D eigenvalue weighted by atomic mass is 16.5. The molecule has 0 saturated heterocycles. The molecule has 0 unspecified atom stereocenters. The van der Waals surface area contributed by atoms with Gasteiger partial charge in [0.2, 0.25) is 0 Å². The molecule has 0 fully saturated rings. The van der Waals surface area contributed by atoms with Crippen LogP contribution in [0.3, 0.4) is 0 Å². The summed E-state index contributed by atoms with van der Waals surface area (Å²) in [7, 11) is 0. The van der Waals surface area contributed by atoms with Crippen molar-refractivity contribution in [3.8, 4) is 5.75 Å². The van der Waals surface area contributed by atoms with Gasteiger partial charge in [0.15, 0.2) is 0 Å². The van der Waals surface area contributed by atoms with Crippen LogP contribution >= 0.6 is 0 Å². The lowest BCUT2D eigenvalue weighted by Crippen LogP contribution is -2.38. The number of esters is 1. The Morgan fingerprint density at radius 1 is 1.17 bits per heavy atom.